The minimum absolute atomic E-state index is 0.0774. The standard InChI is InChI=1S/C26H56N2O4Si/c1-6-11-13-15-17-19-23-28(24-20-18-16-14-12-7-2)26(29)27-22-21-25-33(30-8-3,31-9-4)32-10-5/h6-25H2,1-5H3,(H,27,29). The topological polar surface area (TPSA) is 60.0 Å². The fraction of sp³-hybridized carbons (Fsp3) is 0.962. The third-order valence-electron chi connectivity index (χ3n) is 5.88. The molecule has 7 heteroatoms. The quantitative estimate of drug-likeness (QED) is 0.116. The summed E-state index contributed by atoms with van der Waals surface area (Å²) in [4.78, 5) is 14.9. The first-order chi connectivity index (χ1) is 16.1. The van der Waals surface area contributed by atoms with Crippen LogP contribution in [0.5, 0.6) is 0 Å². The molecule has 0 aromatic carbocycles. The highest BCUT2D eigenvalue weighted by Crippen LogP contribution is 2.18. The Balaban J connectivity index is 4.52. The number of hydrogen-bond acceptors (Lipinski definition) is 4. The van der Waals surface area contributed by atoms with E-state index in [1.165, 1.54) is 64.2 Å². The number of rotatable bonds is 24. The summed E-state index contributed by atoms with van der Waals surface area (Å²) in [5.74, 6) is 0. The highest BCUT2D eigenvalue weighted by molar-refractivity contribution is 6.60. The molecule has 0 aromatic heterocycles. The van der Waals surface area contributed by atoms with Gasteiger partial charge in [-0.25, -0.2) is 4.79 Å². The van der Waals surface area contributed by atoms with Crippen LogP contribution in [0.3, 0.4) is 0 Å². The Bertz CT molecular complexity index is 407. The number of urea groups is 1. The molecule has 6 nitrogen and oxygen atoms in total. The van der Waals surface area contributed by atoms with Crippen molar-refractivity contribution in [1.82, 2.24) is 10.2 Å². The molecule has 2 amide bonds. The summed E-state index contributed by atoms with van der Waals surface area (Å²) in [5, 5.41) is 3.15. The van der Waals surface area contributed by atoms with Gasteiger partial charge in [0.1, 0.15) is 0 Å². The molecule has 0 saturated carbocycles. The van der Waals surface area contributed by atoms with E-state index in [-0.39, 0.29) is 6.03 Å². The van der Waals surface area contributed by atoms with Crippen molar-refractivity contribution >= 4 is 14.8 Å². The molecular weight excluding hydrogens is 432 g/mol. The maximum absolute atomic E-state index is 12.9. The summed E-state index contributed by atoms with van der Waals surface area (Å²) >= 11 is 0. The molecule has 0 unspecified atom stereocenters. The van der Waals surface area contributed by atoms with E-state index in [2.05, 4.69) is 19.2 Å². The van der Waals surface area contributed by atoms with Crippen LogP contribution in [0.25, 0.3) is 0 Å². The highest BCUT2D eigenvalue weighted by atomic mass is 28.4. The third-order valence-corrected chi connectivity index (χ3v) is 9.03. The summed E-state index contributed by atoms with van der Waals surface area (Å²) in [6, 6.07) is 0.811. The lowest BCUT2D eigenvalue weighted by Crippen LogP contribution is -2.47. The smallest absolute Gasteiger partial charge is 0.374 e. The van der Waals surface area contributed by atoms with Crippen LogP contribution in [0.1, 0.15) is 118 Å². The van der Waals surface area contributed by atoms with E-state index in [0.717, 1.165) is 38.4 Å². The van der Waals surface area contributed by atoms with Crippen molar-refractivity contribution in [3.63, 3.8) is 0 Å². The van der Waals surface area contributed by atoms with Crippen molar-refractivity contribution in [3.05, 3.63) is 0 Å². The molecule has 0 atom stereocenters. The van der Waals surface area contributed by atoms with Crippen molar-refractivity contribution in [2.45, 2.75) is 124 Å². The largest absolute Gasteiger partial charge is 0.500 e. The van der Waals surface area contributed by atoms with Crippen LogP contribution < -0.4 is 5.32 Å². The molecule has 0 radical (unpaired) electrons. The second-order valence-corrected chi connectivity index (χ2v) is 11.6. The zero-order valence-corrected chi connectivity index (χ0v) is 23.7. The number of hydrogen-bond donors (Lipinski definition) is 1. The predicted molar refractivity (Wildman–Crippen MR) is 142 cm³/mol. The van der Waals surface area contributed by atoms with Gasteiger partial charge in [-0.1, -0.05) is 78.1 Å². The highest BCUT2D eigenvalue weighted by Gasteiger charge is 2.39. The van der Waals surface area contributed by atoms with E-state index >= 15 is 0 Å². The monoisotopic (exact) mass is 488 g/mol. The average Bonchev–Trinajstić information content (AvgIpc) is 2.80. The van der Waals surface area contributed by atoms with Crippen molar-refractivity contribution in [2.24, 2.45) is 0 Å². The van der Waals surface area contributed by atoms with Crippen LogP contribution in [-0.2, 0) is 13.3 Å². The van der Waals surface area contributed by atoms with E-state index < -0.39 is 8.80 Å². The number of amides is 2. The van der Waals surface area contributed by atoms with Crippen molar-refractivity contribution in [2.75, 3.05) is 39.5 Å². The van der Waals surface area contributed by atoms with E-state index in [0.29, 0.717) is 26.4 Å². The molecule has 0 aliphatic heterocycles. The summed E-state index contributed by atoms with van der Waals surface area (Å²) in [6.07, 6.45) is 15.8. The first-order valence-electron chi connectivity index (χ1n) is 14.0. The predicted octanol–water partition coefficient (Wildman–Crippen LogP) is 7.16. The Morgan fingerprint density at radius 3 is 1.48 bits per heavy atom. The number of carbonyl (C=O) groups excluding carboxylic acids is 1. The second kappa shape index (κ2) is 23.1. The summed E-state index contributed by atoms with van der Waals surface area (Å²) in [5.41, 5.74) is 0. The van der Waals surface area contributed by atoms with Gasteiger partial charge in [-0.3, -0.25) is 0 Å². The number of unbranched alkanes of at least 4 members (excludes halogenated alkanes) is 10. The Kier molecular flexibility index (Phi) is 22.7. The van der Waals surface area contributed by atoms with Crippen LogP contribution >= 0.6 is 0 Å². The molecule has 0 aliphatic rings. The van der Waals surface area contributed by atoms with Crippen LogP contribution in [0.15, 0.2) is 0 Å². The van der Waals surface area contributed by atoms with Gasteiger partial charge < -0.3 is 23.5 Å². The molecule has 1 N–H and O–H groups in total. The lowest BCUT2D eigenvalue weighted by atomic mass is 10.1. The molecule has 0 spiro atoms. The minimum Gasteiger partial charge on any atom is -0.374 e. The van der Waals surface area contributed by atoms with Gasteiger partial charge in [-0.2, -0.15) is 0 Å². The van der Waals surface area contributed by atoms with Gasteiger partial charge in [-0.15, -0.1) is 0 Å². The summed E-state index contributed by atoms with van der Waals surface area (Å²) in [7, 11) is -2.63. The molecule has 0 bridgehead atoms. The normalized spacial score (nSPS) is 11.7. The fourth-order valence-electron chi connectivity index (χ4n) is 4.09. The molecule has 198 valence electrons. The van der Waals surface area contributed by atoms with Gasteiger partial charge in [-0.05, 0) is 40.0 Å². The minimum atomic E-state index is -2.63. The molecule has 0 heterocycles. The molecule has 0 saturated heterocycles. The molecule has 33 heavy (non-hydrogen) atoms. The molecule has 0 aliphatic carbocycles. The Morgan fingerprint density at radius 2 is 1.06 bits per heavy atom. The number of nitrogens with one attached hydrogen (secondary N) is 1. The van der Waals surface area contributed by atoms with E-state index in [1.807, 2.05) is 25.7 Å². The van der Waals surface area contributed by atoms with Crippen molar-refractivity contribution in [1.29, 1.82) is 0 Å². The molecule has 0 fully saturated rings. The van der Waals surface area contributed by atoms with E-state index in [1.54, 1.807) is 0 Å². The molecular formula is C26H56N2O4Si. The van der Waals surface area contributed by atoms with Gasteiger partial charge in [0.25, 0.3) is 0 Å². The van der Waals surface area contributed by atoms with Gasteiger partial charge in [0, 0.05) is 45.5 Å². The maximum atomic E-state index is 12.9. The Labute approximate surface area is 206 Å². The SMILES string of the molecule is CCCCCCCCN(CCCCCCCC)C(=O)NCCC[Si](OCC)(OCC)OCC. The van der Waals surface area contributed by atoms with Gasteiger partial charge in [0.2, 0.25) is 0 Å². The second-order valence-electron chi connectivity index (χ2n) is 8.84. The van der Waals surface area contributed by atoms with E-state index in [9.17, 15) is 4.79 Å². The van der Waals surface area contributed by atoms with Crippen molar-refractivity contribution in [3.8, 4) is 0 Å². The zero-order valence-electron chi connectivity index (χ0n) is 22.7. The first-order valence-corrected chi connectivity index (χ1v) is 16.0. The number of nitrogens with zero attached hydrogens (tertiary/aromatic N) is 1. The third kappa shape index (κ3) is 17.5. The first kappa shape index (κ1) is 32.4. The van der Waals surface area contributed by atoms with Gasteiger partial charge in [0.15, 0.2) is 0 Å². The number of carbonyl (C=O) groups is 1. The van der Waals surface area contributed by atoms with Crippen LogP contribution in [0.4, 0.5) is 4.79 Å². The van der Waals surface area contributed by atoms with Gasteiger partial charge in [0.05, 0.1) is 0 Å². The Morgan fingerprint density at radius 1 is 0.636 bits per heavy atom. The van der Waals surface area contributed by atoms with E-state index in [4.69, 9.17) is 13.3 Å². The average molecular weight is 489 g/mol. The molecule has 0 rings (SSSR count). The fourth-order valence-corrected chi connectivity index (χ4v) is 6.71. The van der Waals surface area contributed by atoms with Crippen LogP contribution in [0.2, 0.25) is 6.04 Å². The van der Waals surface area contributed by atoms with Crippen molar-refractivity contribution < 1.29 is 18.1 Å². The summed E-state index contributed by atoms with van der Waals surface area (Å²) < 4.78 is 17.8. The maximum Gasteiger partial charge on any atom is 0.500 e. The lowest BCUT2D eigenvalue weighted by molar-refractivity contribution is 0.0708. The van der Waals surface area contributed by atoms with Crippen LogP contribution in [-0.4, -0.2) is 59.2 Å². The van der Waals surface area contributed by atoms with Gasteiger partial charge >= 0.3 is 14.8 Å². The molecule has 0 aromatic rings. The summed E-state index contributed by atoms with van der Waals surface area (Å²) in [6.45, 7) is 14.5. The Hall–Kier alpha value is -0.633. The zero-order chi connectivity index (χ0) is 24.6. The lowest BCUT2D eigenvalue weighted by Gasteiger charge is -2.28. The van der Waals surface area contributed by atoms with Crippen LogP contribution in [0, 0.1) is 0 Å².